The van der Waals surface area contributed by atoms with Gasteiger partial charge in [0.05, 0.1) is 6.61 Å². The van der Waals surface area contributed by atoms with Crippen molar-refractivity contribution in [3.8, 4) is 0 Å². The molecule has 0 saturated carbocycles. The smallest absolute Gasteiger partial charge is 0.276 e. The van der Waals surface area contributed by atoms with Gasteiger partial charge < -0.3 is 14.5 Å². The highest BCUT2D eigenvalue weighted by atomic mass is 16.5. The molecule has 2 saturated heterocycles. The Morgan fingerprint density at radius 3 is 2.76 bits per heavy atom. The van der Waals surface area contributed by atoms with Gasteiger partial charge in [0.1, 0.15) is 5.76 Å². The van der Waals surface area contributed by atoms with Crippen LogP contribution in [0.2, 0.25) is 0 Å². The van der Waals surface area contributed by atoms with Gasteiger partial charge in [-0.1, -0.05) is 35.5 Å². The number of aryl methyl sites for hydroxylation is 1. The number of aliphatic hydroxyl groups excluding tert-OH is 1. The van der Waals surface area contributed by atoms with Gasteiger partial charge in [0.2, 0.25) is 0 Å². The van der Waals surface area contributed by atoms with Gasteiger partial charge >= 0.3 is 0 Å². The van der Waals surface area contributed by atoms with Crippen LogP contribution in [-0.2, 0) is 6.54 Å². The van der Waals surface area contributed by atoms with Crippen molar-refractivity contribution >= 4 is 5.91 Å². The first-order valence-electron chi connectivity index (χ1n) is 8.69. The second-order valence-electron chi connectivity index (χ2n) is 7.38. The third-order valence-corrected chi connectivity index (χ3v) is 5.53. The maximum Gasteiger partial charge on any atom is 0.276 e. The minimum Gasteiger partial charge on any atom is -0.396 e. The van der Waals surface area contributed by atoms with E-state index < -0.39 is 0 Å². The SMILES string of the molecule is Cc1cc(C(=O)N2C[C@H]3CN(Cc4ccccc4)C[C@@]3(CO)C2)no1. The summed E-state index contributed by atoms with van der Waals surface area (Å²) < 4.78 is 5.02. The van der Waals surface area contributed by atoms with Crippen LogP contribution in [0.4, 0.5) is 0 Å². The van der Waals surface area contributed by atoms with Crippen LogP contribution in [0.3, 0.4) is 0 Å². The third kappa shape index (κ3) is 2.96. The Kier molecular flexibility index (Phi) is 4.09. The number of fused-ring (bicyclic) bond motifs is 1. The minimum atomic E-state index is -0.233. The largest absolute Gasteiger partial charge is 0.396 e. The van der Waals surface area contributed by atoms with Crippen LogP contribution in [0.1, 0.15) is 21.8 Å². The summed E-state index contributed by atoms with van der Waals surface area (Å²) in [6, 6.07) is 12.0. The lowest BCUT2D eigenvalue weighted by molar-refractivity contribution is 0.0709. The second-order valence-corrected chi connectivity index (χ2v) is 7.38. The first kappa shape index (κ1) is 16.3. The molecule has 1 amide bonds. The van der Waals surface area contributed by atoms with Crippen molar-refractivity contribution in [3.63, 3.8) is 0 Å². The number of rotatable bonds is 4. The van der Waals surface area contributed by atoms with Gasteiger partial charge in [-0.25, -0.2) is 0 Å². The topological polar surface area (TPSA) is 69.8 Å². The summed E-state index contributed by atoms with van der Waals surface area (Å²) >= 11 is 0. The number of likely N-dealkylation sites (tertiary alicyclic amines) is 2. The Bertz CT molecular complexity index is 760. The summed E-state index contributed by atoms with van der Waals surface area (Å²) in [5, 5.41) is 13.9. The lowest BCUT2D eigenvalue weighted by Gasteiger charge is -2.27. The maximum absolute atomic E-state index is 12.6. The molecule has 4 rings (SSSR count). The van der Waals surface area contributed by atoms with E-state index >= 15 is 0 Å². The van der Waals surface area contributed by atoms with Gasteiger partial charge in [0.25, 0.3) is 5.91 Å². The van der Waals surface area contributed by atoms with E-state index in [9.17, 15) is 9.90 Å². The number of amides is 1. The summed E-state index contributed by atoms with van der Waals surface area (Å²) in [7, 11) is 0. The Labute approximate surface area is 147 Å². The molecule has 2 atom stereocenters. The molecule has 2 fully saturated rings. The summed E-state index contributed by atoms with van der Waals surface area (Å²) in [5.74, 6) is 0.820. The van der Waals surface area contributed by atoms with E-state index in [0.29, 0.717) is 24.5 Å². The van der Waals surface area contributed by atoms with Gasteiger partial charge in [-0.05, 0) is 18.4 Å². The Morgan fingerprint density at radius 1 is 1.32 bits per heavy atom. The molecule has 2 aromatic rings. The first-order chi connectivity index (χ1) is 12.1. The van der Waals surface area contributed by atoms with Crippen LogP contribution < -0.4 is 0 Å². The molecule has 0 bridgehead atoms. The van der Waals surface area contributed by atoms with Crippen molar-refractivity contribution in [2.45, 2.75) is 13.5 Å². The molecule has 25 heavy (non-hydrogen) atoms. The molecule has 132 valence electrons. The highest BCUT2D eigenvalue weighted by molar-refractivity contribution is 5.92. The standard InChI is InChI=1S/C19H23N3O3/c1-14-7-17(20-25-14)18(24)22-10-16-9-21(11-19(16,12-22)13-23)8-15-5-3-2-4-6-15/h2-7,16,23H,8-13H2,1H3/t16-,19+/m1/s1. The van der Waals surface area contributed by atoms with E-state index in [1.165, 1.54) is 5.56 Å². The predicted octanol–water partition coefficient (Wildman–Crippen LogP) is 1.55. The molecule has 1 N–H and O–H groups in total. The van der Waals surface area contributed by atoms with Crippen LogP contribution >= 0.6 is 0 Å². The van der Waals surface area contributed by atoms with E-state index in [4.69, 9.17) is 4.52 Å². The quantitative estimate of drug-likeness (QED) is 0.914. The molecule has 6 nitrogen and oxygen atoms in total. The molecule has 2 aliphatic heterocycles. The number of carbonyl (C=O) groups excluding carboxylic acids is 1. The molecule has 2 aliphatic rings. The lowest BCUT2D eigenvalue weighted by atomic mass is 9.82. The van der Waals surface area contributed by atoms with Crippen molar-refractivity contribution in [3.05, 3.63) is 53.4 Å². The van der Waals surface area contributed by atoms with Crippen molar-refractivity contribution in [1.82, 2.24) is 15.0 Å². The zero-order chi connectivity index (χ0) is 17.4. The highest BCUT2D eigenvalue weighted by Gasteiger charge is 2.53. The van der Waals surface area contributed by atoms with E-state index in [-0.39, 0.29) is 23.8 Å². The van der Waals surface area contributed by atoms with Gasteiger partial charge in [-0.15, -0.1) is 0 Å². The van der Waals surface area contributed by atoms with Gasteiger partial charge in [-0.2, -0.15) is 0 Å². The number of aliphatic hydroxyl groups is 1. The molecule has 0 aliphatic carbocycles. The minimum absolute atomic E-state index is 0.102. The summed E-state index contributed by atoms with van der Waals surface area (Å²) in [4.78, 5) is 16.8. The monoisotopic (exact) mass is 341 g/mol. The highest BCUT2D eigenvalue weighted by Crippen LogP contribution is 2.43. The molecular weight excluding hydrogens is 318 g/mol. The van der Waals surface area contributed by atoms with Crippen LogP contribution in [0.5, 0.6) is 0 Å². The van der Waals surface area contributed by atoms with Gasteiger partial charge in [0, 0.05) is 44.2 Å². The summed E-state index contributed by atoms with van der Waals surface area (Å²) in [6.45, 7) is 5.71. The van der Waals surface area contributed by atoms with Crippen LogP contribution in [0, 0.1) is 18.3 Å². The average Bonchev–Trinajstić information content (AvgIpc) is 3.27. The first-order valence-corrected chi connectivity index (χ1v) is 8.69. The molecule has 3 heterocycles. The van der Waals surface area contributed by atoms with E-state index in [2.05, 4.69) is 22.2 Å². The normalized spacial score (nSPS) is 26.2. The molecule has 0 unspecified atom stereocenters. The molecule has 1 aromatic carbocycles. The number of hydrogen-bond acceptors (Lipinski definition) is 5. The Balaban J connectivity index is 1.45. The fourth-order valence-corrected chi connectivity index (χ4v) is 4.26. The number of nitrogens with zero attached hydrogens (tertiary/aromatic N) is 3. The van der Waals surface area contributed by atoms with Crippen molar-refractivity contribution in [2.24, 2.45) is 11.3 Å². The fraction of sp³-hybridized carbons (Fsp3) is 0.474. The molecular formula is C19H23N3O3. The third-order valence-electron chi connectivity index (χ3n) is 5.53. The van der Waals surface area contributed by atoms with Crippen LogP contribution in [0.15, 0.2) is 40.9 Å². The van der Waals surface area contributed by atoms with Gasteiger partial charge in [0.15, 0.2) is 5.69 Å². The average molecular weight is 341 g/mol. The second kappa shape index (κ2) is 6.28. The number of benzene rings is 1. The molecule has 1 aromatic heterocycles. The van der Waals surface area contributed by atoms with Crippen LogP contribution in [0.25, 0.3) is 0 Å². The lowest BCUT2D eigenvalue weighted by Crippen LogP contribution is -2.38. The zero-order valence-corrected chi connectivity index (χ0v) is 14.4. The Morgan fingerprint density at radius 2 is 2.12 bits per heavy atom. The van der Waals surface area contributed by atoms with Gasteiger partial charge in [-0.3, -0.25) is 9.69 Å². The van der Waals surface area contributed by atoms with Crippen molar-refractivity contribution in [2.75, 3.05) is 32.8 Å². The number of hydrogen-bond donors (Lipinski definition) is 1. The summed E-state index contributed by atoms with van der Waals surface area (Å²) in [6.07, 6.45) is 0. The zero-order valence-electron chi connectivity index (χ0n) is 14.4. The van der Waals surface area contributed by atoms with E-state index in [1.807, 2.05) is 23.1 Å². The number of aromatic nitrogens is 1. The van der Waals surface area contributed by atoms with Crippen LogP contribution in [-0.4, -0.2) is 58.8 Å². The van der Waals surface area contributed by atoms with Crippen molar-refractivity contribution < 1.29 is 14.4 Å². The fourth-order valence-electron chi connectivity index (χ4n) is 4.26. The number of carbonyl (C=O) groups is 1. The van der Waals surface area contributed by atoms with Crippen molar-refractivity contribution in [1.29, 1.82) is 0 Å². The van der Waals surface area contributed by atoms with E-state index in [1.54, 1.807) is 13.0 Å². The molecule has 6 heteroatoms. The molecule has 0 spiro atoms. The van der Waals surface area contributed by atoms with E-state index in [0.717, 1.165) is 19.6 Å². The predicted molar refractivity (Wildman–Crippen MR) is 91.9 cm³/mol. The maximum atomic E-state index is 12.6. The molecule has 0 radical (unpaired) electrons. The summed E-state index contributed by atoms with van der Waals surface area (Å²) in [5.41, 5.74) is 1.40. The Hall–Kier alpha value is -2.18.